The van der Waals surface area contributed by atoms with Crippen molar-refractivity contribution in [1.29, 1.82) is 0 Å². The Balaban J connectivity index is 1.64. The van der Waals surface area contributed by atoms with Crippen molar-refractivity contribution in [2.75, 3.05) is 20.3 Å². The number of aromatic amines is 1. The molecule has 6 nitrogen and oxygen atoms in total. The molecule has 3 heterocycles. The van der Waals surface area contributed by atoms with E-state index in [9.17, 15) is 9.59 Å². The first-order chi connectivity index (χ1) is 15.5. The van der Waals surface area contributed by atoms with Crippen molar-refractivity contribution in [2.24, 2.45) is 5.92 Å². The highest BCUT2D eigenvalue weighted by molar-refractivity contribution is 6.74. The minimum atomic E-state index is -1.94. The lowest BCUT2D eigenvalue weighted by molar-refractivity contribution is -0.142. The van der Waals surface area contributed by atoms with Gasteiger partial charge in [-0.2, -0.15) is 0 Å². The monoisotopic (exact) mass is 468 g/mol. The lowest BCUT2D eigenvalue weighted by Crippen LogP contribution is -2.47. The number of benzene rings is 1. The lowest BCUT2D eigenvalue weighted by atomic mass is 9.79. The summed E-state index contributed by atoms with van der Waals surface area (Å²) in [6.07, 6.45) is 3.66. The van der Waals surface area contributed by atoms with Gasteiger partial charge in [0.1, 0.15) is 0 Å². The highest BCUT2D eigenvalue weighted by Gasteiger charge is 2.43. The summed E-state index contributed by atoms with van der Waals surface area (Å²) in [5.74, 6) is -0.458. The van der Waals surface area contributed by atoms with Crippen LogP contribution in [0.25, 0.3) is 10.9 Å². The normalized spacial score (nSPS) is 22.4. The minimum absolute atomic E-state index is 0.0169. The summed E-state index contributed by atoms with van der Waals surface area (Å²) in [6.45, 7) is 12.1. The van der Waals surface area contributed by atoms with E-state index in [0.717, 1.165) is 17.6 Å². The molecule has 0 saturated carbocycles. The van der Waals surface area contributed by atoms with Crippen molar-refractivity contribution < 1.29 is 18.8 Å². The number of nitrogens with zero attached hydrogens (tertiary/aromatic N) is 1. The maximum Gasteiger partial charge on any atom is 0.306 e. The van der Waals surface area contributed by atoms with Gasteiger partial charge in [-0.15, -0.1) is 0 Å². The SMILES string of the molecule is COC(=O)C[C@H]1C[C@H]2c3[nH]c4ccccc4c3CCN2C(=O)/C1=C/CO[Si](C)(C)C(C)(C)C. The van der Waals surface area contributed by atoms with E-state index in [2.05, 4.69) is 57.0 Å². The van der Waals surface area contributed by atoms with Gasteiger partial charge in [-0.05, 0) is 42.6 Å². The van der Waals surface area contributed by atoms with E-state index in [1.54, 1.807) is 0 Å². The molecule has 0 radical (unpaired) electrons. The van der Waals surface area contributed by atoms with Crippen molar-refractivity contribution in [2.45, 2.75) is 64.2 Å². The van der Waals surface area contributed by atoms with Gasteiger partial charge in [-0.1, -0.05) is 45.0 Å². The van der Waals surface area contributed by atoms with Crippen molar-refractivity contribution in [3.05, 3.63) is 47.2 Å². The maximum atomic E-state index is 13.7. The fraction of sp³-hybridized carbons (Fsp3) is 0.538. The van der Waals surface area contributed by atoms with E-state index in [-0.39, 0.29) is 35.3 Å². The zero-order valence-corrected chi connectivity index (χ0v) is 21.7. The average molecular weight is 469 g/mol. The molecule has 0 unspecified atom stereocenters. The molecule has 2 aliphatic heterocycles. The summed E-state index contributed by atoms with van der Waals surface area (Å²) in [5, 5.41) is 1.32. The van der Waals surface area contributed by atoms with Gasteiger partial charge in [0, 0.05) is 34.6 Å². The molecule has 2 aromatic rings. The van der Waals surface area contributed by atoms with Crippen LogP contribution in [0.4, 0.5) is 0 Å². The molecule has 7 heteroatoms. The number of ether oxygens (including phenoxy) is 1. The number of hydrogen-bond acceptors (Lipinski definition) is 4. The van der Waals surface area contributed by atoms with Crippen LogP contribution < -0.4 is 0 Å². The second-order valence-corrected chi connectivity index (χ2v) is 15.6. The van der Waals surface area contributed by atoms with E-state index in [1.807, 2.05) is 17.0 Å². The number of hydrogen-bond donors (Lipinski definition) is 1. The number of rotatable bonds is 5. The molecule has 0 aliphatic carbocycles. The molecule has 1 amide bonds. The third-order valence-corrected chi connectivity index (χ3v) is 12.3. The van der Waals surface area contributed by atoms with Gasteiger partial charge in [0.05, 0.1) is 26.2 Å². The second kappa shape index (κ2) is 8.76. The fourth-order valence-electron chi connectivity index (χ4n) is 4.83. The van der Waals surface area contributed by atoms with Gasteiger partial charge < -0.3 is 19.0 Å². The molecule has 1 fully saturated rings. The van der Waals surface area contributed by atoms with Crippen LogP contribution in [0, 0.1) is 5.92 Å². The number of esters is 1. The molecule has 33 heavy (non-hydrogen) atoms. The largest absolute Gasteiger partial charge is 0.469 e. The molecule has 1 N–H and O–H groups in total. The van der Waals surface area contributed by atoms with Gasteiger partial charge in [0.2, 0.25) is 5.91 Å². The Morgan fingerprint density at radius 3 is 2.70 bits per heavy atom. The number of methoxy groups -OCH3 is 1. The third kappa shape index (κ3) is 4.40. The molecule has 0 spiro atoms. The zero-order chi connectivity index (χ0) is 24.0. The Bertz CT molecular complexity index is 1100. The summed E-state index contributed by atoms with van der Waals surface area (Å²) in [5.41, 5.74) is 4.20. The number of piperidine rings is 1. The van der Waals surface area contributed by atoms with E-state index in [4.69, 9.17) is 9.16 Å². The molecule has 4 rings (SSSR count). The number of amides is 1. The van der Waals surface area contributed by atoms with E-state index in [1.165, 1.54) is 18.1 Å². The number of H-pyrrole nitrogens is 1. The van der Waals surface area contributed by atoms with E-state index >= 15 is 0 Å². The smallest absolute Gasteiger partial charge is 0.306 e. The van der Waals surface area contributed by atoms with Crippen LogP contribution in [0.5, 0.6) is 0 Å². The number of carbonyl (C=O) groups excluding carboxylic acids is 2. The first-order valence-electron chi connectivity index (χ1n) is 11.8. The van der Waals surface area contributed by atoms with Gasteiger partial charge in [-0.3, -0.25) is 9.59 Å². The van der Waals surface area contributed by atoms with E-state index < -0.39 is 8.32 Å². The zero-order valence-electron chi connectivity index (χ0n) is 20.7. The number of para-hydroxylation sites is 1. The first kappa shape index (κ1) is 23.8. The van der Waals surface area contributed by atoms with Gasteiger partial charge in [0.25, 0.3) is 0 Å². The molecule has 2 atom stereocenters. The molecule has 1 aromatic heterocycles. The second-order valence-electron chi connectivity index (χ2n) is 10.8. The van der Waals surface area contributed by atoms with Crippen molar-refractivity contribution in [3.8, 4) is 0 Å². The quantitative estimate of drug-likeness (QED) is 0.375. The molecule has 0 bridgehead atoms. The van der Waals surface area contributed by atoms with Crippen LogP contribution in [0.15, 0.2) is 35.9 Å². The summed E-state index contributed by atoms with van der Waals surface area (Å²) in [6, 6.07) is 8.25. The minimum Gasteiger partial charge on any atom is -0.469 e. The Morgan fingerprint density at radius 1 is 1.27 bits per heavy atom. The predicted molar refractivity (Wildman–Crippen MR) is 132 cm³/mol. The number of nitrogens with one attached hydrogen (secondary N) is 1. The highest BCUT2D eigenvalue weighted by Crippen LogP contribution is 2.44. The Morgan fingerprint density at radius 2 is 2.00 bits per heavy atom. The fourth-order valence-corrected chi connectivity index (χ4v) is 5.76. The van der Waals surface area contributed by atoms with Crippen molar-refractivity contribution in [3.63, 3.8) is 0 Å². The molecular formula is C26H36N2O4Si. The summed E-state index contributed by atoms with van der Waals surface area (Å²) < 4.78 is 11.3. The molecular weight excluding hydrogens is 432 g/mol. The molecule has 178 valence electrons. The topological polar surface area (TPSA) is 71.6 Å². The Kier molecular flexibility index (Phi) is 6.31. The molecule has 1 aromatic carbocycles. The third-order valence-electron chi connectivity index (χ3n) is 7.81. The number of fused-ring (bicyclic) bond motifs is 5. The van der Waals surface area contributed by atoms with Gasteiger partial charge in [-0.25, -0.2) is 0 Å². The molecule has 2 aliphatic rings. The summed E-state index contributed by atoms with van der Waals surface area (Å²) in [4.78, 5) is 31.4. The Labute approximate surface area is 197 Å². The number of carbonyl (C=O) groups is 2. The highest BCUT2D eigenvalue weighted by atomic mass is 28.4. The van der Waals surface area contributed by atoms with Crippen LogP contribution >= 0.6 is 0 Å². The van der Waals surface area contributed by atoms with Gasteiger partial charge in [0.15, 0.2) is 8.32 Å². The first-order valence-corrected chi connectivity index (χ1v) is 14.8. The standard InChI is InChI=1S/C26H36N2O4Si/c1-26(2,3)33(5,6)32-14-12-18-17(16-23(29)31-4)15-22-24-20(11-13-28(22)25(18)30)19-9-7-8-10-21(19)27-24/h7-10,12,17,22,27H,11,13-16H2,1-6H3/b18-12+/t17-,22+/m1/s1. The molecule has 1 saturated heterocycles. The maximum absolute atomic E-state index is 13.7. The van der Waals surface area contributed by atoms with Crippen LogP contribution in [0.2, 0.25) is 18.1 Å². The van der Waals surface area contributed by atoms with Crippen LogP contribution in [0.1, 0.15) is 50.9 Å². The number of aromatic nitrogens is 1. The van der Waals surface area contributed by atoms with Crippen LogP contribution in [-0.2, 0) is 25.2 Å². The van der Waals surface area contributed by atoms with Crippen molar-refractivity contribution >= 4 is 31.1 Å². The summed E-state index contributed by atoms with van der Waals surface area (Å²) >= 11 is 0. The summed E-state index contributed by atoms with van der Waals surface area (Å²) in [7, 11) is -0.537. The van der Waals surface area contributed by atoms with Gasteiger partial charge >= 0.3 is 5.97 Å². The van der Waals surface area contributed by atoms with E-state index in [0.29, 0.717) is 25.1 Å². The lowest BCUT2D eigenvalue weighted by Gasteiger charge is -2.43. The Hall–Kier alpha value is -2.38. The average Bonchev–Trinajstić information content (AvgIpc) is 3.14. The predicted octanol–water partition coefficient (Wildman–Crippen LogP) is 5.12. The van der Waals surface area contributed by atoms with Crippen LogP contribution in [-0.4, -0.2) is 50.3 Å². The van der Waals surface area contributed by atoms with Crippen molar-refractivity contribution in [1.82, 2.24) is 9.88 Å². The van der Waals surface area contributed by atoms with Crippen LogP contribution in [0.3, 0.4) is 0 Å².